The van der Waals surface area contributed by atoms with Gasteiger partial charge in [-0.05, 0) is 31.9 Å². The van der Waals surface area contributed by atoms with Crippen LogP contribution in [0.15, 0.2) is 18.2 Å². The smallest absolute Gasteiger partial charge is 0.251 e. The fourth-order valence-electron chi connectivity index (χ4n) is 1.66. The number of rotatable bonds is 4. The molecule has 0 aliphatic rings. The van der Waals surface area contributed by atoms with E-state index in [4.69, 9.17) is 5.73 Å². The molecule has 0 aliphatic carbocycles. The summed E-state index contributed by atoms with van der Waals surface area (Å²) in [4.78, 5) is 11.9. The van der Waals surface area contributed by atoms with E-state index in [0.29, 0.717) is 6.54 Å². The predicted molar refractivity (Wildman–Crippen MR) is 66.5 cm³/mol. The molecule has 0 saturated carbocycles. The summed E-state index contributed by atoms with van der Waals surface area (Å²) in [6.45, 7) is 6.46. The second-order valence-electron chi connectivity index (χ2n) is 4.13. The molecule has 3 heteroatoms. The van der Waals surface area contributed by atoms with E-state index in [-0.39, 0.29) is 11.9 Å². The average Bonchev–Trinajstić information content (AvgIpc) is 2.25. The Bertz CT molecular complexity index is 370. The lowest BCUT2D eigenvalue weighted by Gasteiger charge is -2.15. The van der Waals surface area contributed by atoms with Crippen molar-refractivity contribution in [3.8, 4) is 0 Å². The van der Waals surface area contributed by atoms with Crippen molar-refractivity contribution in [3.63, 3.8) is 0 Å². The number of amides is 1. The summed E-state index contributed by atoms with van der Waals surface area (Å²) in [7, 11) is 0. The maximum Gasteiger partial charge on any atom is 0.251 e. The lowest BCUT2D eigenvalue weighted by atomic mass is 10.0. The number of benzene rings is 1. The molecule has 0 heterocycles. The fourth-order valence-corrected chi connectivity index (χ4v) is 1.66. The molecule has 16 heavy (non-hydrogen) atoms. The first-order valence-electron chi connectivity index (χ1n) is 5.66. The van der Waals surface area contributed by atoms with Gasteiger partial charge in [0.15, 0.2) is 0 Å². The number of carbonyl (C=O) groups excluding carboxylic acids is 1. The number of nitrogens with two attached hydrogens (primary N) is 1. The minimum Gasteiger partial charge on any atom is -0.348 e. The Balaban J connectivity index is 2.80. The first-order valence-corrected chi connectivity index (χ1v) is 5.66. The lowest BCUT2D eigenvalue weighted by Crippen LogP contribution is -2.39. The van der Waals surface area contributed by atoms with Gasteiger partial charge < -0.3 is 11.1 Å². The highest BCUT2D eigenvalue weighted by Gasteiger charge is 2.12. The molecule has 1 atom stereocenters. The van der Waals surface area contributed by atoms with Gasteiger partial charge in [0.2, 0.25) is 0 Å². The van der Waals surface area contributed by atoms with Crippen LogP contribution in [0.2, 0.25) is 0 Å². The molecule has 1 aromatic carbocycles. The molecule has 0 saturated heterocycles. The molecule has 1 amide bonds. The van der Waals surface area contributed by atoms with Crippen LogP contribution in [0.4, 0.5) is 0 Å². The van der Waals surface area contributed by atoms with Gasteiger partial charge in [0, 0.05) is 18.2 Å². The van der Waals surface area contributed by atoms with Crippen molar-refractivity contribution in [1.82, 2.24) is 5.32 Å². The molecule has 0 bridgehead atoms. The first-order chi connectivity index (χ1) is 7.58. The standard InChI is InChI=1S/C13H20N2O/c1-4-11(8-14)15-13(16)12-6-5-9(2)7-10(12)3/h5-7,11H,4,8,14H2,1-3H3,(H,15,16). The van der Waals surface area contributed by atoms with E-state index in [2.05, 4.69) is 5.32 Å². The van der Waals surface area contributed by atoms with Gasteiger partial charge in [0.05, 0.1) is 0 Å². The number of carbonyl (C=O) groups is 1. The molecular formula is C13H20N2O. The monoisotopic (exact) mass is 220 g/mol. The van der Waals surface area contributed by atoms with Crippen molar-refractivity contribution in [2.24, 2.45) is 5.73 Å². The predicted octanol–water partition coefficient (Wildman–Crippen LogP) is 1.77. The van der Waals surface area contributed by atoms with Crippen molar-refractivity contribution in [2.75, 3.05) is 6.54 Å². The molecule has 0 spiro atoms. The van der Waals surface area contributed by atoms with E-state index in [0.717, 1.165) is 17.5 Å². The number of hydrogen-bond donors (Lipinski definition) is 2. The van der Waals surface area contributed by atoms with Gasteiger partial charge in [-0.1, -0.05) is 24.6 Å². The summed E-state index contributed by atoms with van der Waals surface area (Å²) < 4.78 is 0. The number of aryl methyl sites for hydroxylation is 2. The summed E-state index contributed by atoms with van der Waals surface area (Å²) >= 11 is 0. The third kappa shape index (κ3) is 3.07. The second kappa shape index (κ2) is 5.66. The Morgan fingerprint density at radius 1 is 1.44 bits per heavy atom. The molecule has 0 fully saturated rings. The minimum atomic E-state index is -0.0326. The van der Waals surface area contributed by atoms with E-state index in [1.807, 2.05) is 39.0 Å². The van der Waals surface area contributed by atoms with Gasteiger partial charge in [-0.15, -0.1) is 0 Å². The summed E-state index contributed by atoms with van der Waals surface area (Å²) in [5, 5.41) is 2.93. The van der Waals surface area contributed by atoms with E-state index in [9.17, 15) is 4.79 Å². The van der Waals surface area contributed by atoms with Crippen LogP contribution in [0.5, 0.6) is 0 Å². The number of hydrogen-bond acceptors (Lipinski definition) is 2. The second-order valence-corrected chi connectivity index (χ2v) is 4.13. The van der Waals surface area contributed by atoms with Crippen molar-refractivity contribution in [1.29, 1.82) is 0 Å². The van der Waals surface area contributed by atoms with Crippen LogP contribution in [0.25, 0.3) is 0 Å². The normalized spacial score (nSPS) is 12.2. The Morgan fingerprint density at radius 2 is 2.12 bits per heavy atom. The van der Waals surface area contributed by atoms with Crippen LogP contribution < -0.4 is 11.1 Å². The maximum atomic E-state index is 11.9. The molecular weight excluding hydrogens is 200 g/mol. The quantitative estimate of drug-likeness (QED) is 0.812. The topological polar surface area (TPSA) is 55.1 Å². The molecule has 0 aromatic heterocycles. The molecule has 1 rings (SSSR count). The average molecular weight is 220 g/mol. The highest BCUT2D eigenvalue weighted by atomic mass is 16.1. The molecule has 0 radical (unpaired) electrons. The van der Waals surface area contributed by atoms with E-state index in [1.165, 1.54) is 5.56 Å². The molecule has 0 aliphatic heterocycles. The van der Waals surface area contributed by atoms with Crippen LogP contribution in [-0.4, -0.2) is 18.5 Å². The third-order valence-corrected chi connectivity index (χ3v) is 2.74. The summed E-state index contributed by atoms with van der Waals surface area (Å²) in [6.07, 6.45) is 0.854. The largest absolute Gasteiger partial charge is 0.348 e. The van der Waals surface area contributed by atoms with Gasteiger partial charge in [0.25, 0.3) is 5.91 Å². The summed E-state index contributed by atoms with van der Waals surface area (Å²) in [6, 6.07) is 5.89. The lowest BCUT2D eigenvalue weighted by molar-refractivity contribution is 0.0936. The van der Waals surface area contributed by atoms with E-state index in [1.54, 1.807) is 0 Å². The molecule has 1 unspecified atom stereocenters. The summed E-state index contributed by atoms with van der Waals surface area (Å²) in [5.74, 6) is -0.0326. The Hall–Kier alpha value is -1.35. The van der Waals surface area contributed by atoms with Gasteiger partial charge in [-0.3, -0.25) is 4.79 Å². The van der Waals surface area contributed by atoms with Gasteiger partial charge in [-0.25, -0.2) is 0 Å². The maximum absolute atomic E-state index is 11.9. The van der Waals surface area contributed by atoms with E-state index < -0.39 is 0 Å². The van der Waals surface area contributed by atoms with Crippen molar-refractivity contribution >= 4 is 5.91 Å². The molecule has 88 valence electrons. The van der Waals surface area contributed by atoms with Crippen molar-refractivity contribution < 1.29 is 4.79 Å². The zero-order valence-electron chi connectivity index (χ0n) is 10.2. The summed E-state index contributed by atoms with van der Waals surface area (Å²) in [5.41, 5.74) is 8.46. The molecule has 3 nitrogen and oxygen atoms in total. The van der Waals surface area contributed by atoms with Crippen LogP contribution in [0.3, 0.4) is 0 Å². The SMILES string of the molecule is CCC(CN)NC(=O)c1ccc(C)cc1C. The molecule has 3 N–H and O–H groups in total. The van der Waals surface area contributed by atoms with E-state index >= 15 is 0 Å². The first kappa shape index (κ1) is 12.7. The minimum absolute atomic E-state index is 0.0326. The van der Waals surface area contributed by atoms with Crippen LogP contribution in [-0.2, 0) is 0 Å². The van der Waals surface area contributed by atoms with Crippen molar-refractivity contribution in [3.05, 3.63) is 34.9 Å². The van der Waals surface area contributed by atoms with Crippen LogP contribution in [0, 0.1) is 13.8 Å². The van der Waals surface area contributed by atoms with Gasteiger partial charge in [-0.2, -0.15) is 0 Å². The van der Waals surface area contributed by atoms with Crippen LogP contribution >= 0.6 is 0 Å². The fraction of sp³-hybridized carbons (Fsp3) is 0.462. The molecule has 1 aromatic rings. The zero-order chi connectivity index (χ0) is 12.1. The van der Waals surface area contributed by atoms with Gasteiger partial charge in [0.1, 0.15) is 0 Å². The van der Waals surface area contributed by atoms with Crippen molar-refractivity contribution in [2.45, 2.75) is 33.2 Å². The van der Waals surface area contributed by atoms with Crippen LogP contribution in [0.1, 0.15) is 34.8 Å². The third-order valence-electron chi connectivity index (χ3n) is 2.74. The Morgan fingerprint density at radius 3 is 2.62 bits per heavy atom. The van der Waals surface area contributed by atoms with Gasteiger partial charge >= 0.3 is 0 Å². The highest BCUT2D eigenvalue weighted by molar-refractivity contribution is 5.95. The Kier molecular flexibility index (Phi) is 4.50. The number of nitrogens with one attached hydrogen (secondary N) is 1. The highest BCUT2D eigenvalue weighted by Crippen LogP contribution is 2.10. The Labute approximate surface area is 97.0 Å². The zero-order valence-corrected chi connectivity index (χ0v) is 10.2.